The van der Waals surface area contributed by atoms with Crippen molar-refractivity contribution in [1.82, 2.24) is 9.97 Å². The SMILES string of the molecule is COc1cc(OC)c(C(N)c2ncc[nH]2)cc1OC. The highest BCUT2D eigenvalue weighted by Crippen LogP contribution is 2.37. The van der Waals surface area contributed by atoms with Gasteiger partial charge in [0.05, 0.1) is 27.4 Å². The van der Waals surface area contributed by atoms with Crippen molar-refractivity contribution < 1.29 is 14.2 Å². The molecule has 2 aromatic rings. The molecule has 0 fully saturated rings. The molecule has 6 heteroatoms. The van der Waals surface area contributed by atoms with E-state index in [2.05, 4.69) is 9.97 Å². The van der Waals surface area contributed by atoms with Gasteiger partial charge in [-0.15, -0.1) is 0 Å². The molecule has 1 atom stereocenters. The van der Waals surface area contributed by atoms with Crippen LogP contribution in [0.15, 0.2) is 24.5 Å². The fourth-order valence-corrected chi connectivity index (χ4v) is 1.89. The number of ether oxygens (including phenoxy) is 3. The minimum absolute atomic E-state index is 0.426. The summed E-state index contributed by atoms with van der Waals surface area (Å²) >= 11 is 0. The molecule has 2 rings (SSSR count). The van der Waals surface area contributed by atoms with Crippen LogP contribution >= 0.6 is 0 Å². The topological polar surface area (TPSA) is 82.4 Å². The van der Waals surface area contributed by atoms with Gasteiger partial charge in [-0.1, -0.05) is 0 Å². The first kappa shape index (κ1) is 13.2. The molecule has 1 heterocycles. The number of nitrogens with two attached hydrogens (primary N) is 1. The summed E-state index contributed by atoms with van der Waals surface area (Å²) in [4.78, 5) is 7.15. The van der Waals surface area contributed by atoms with E-state index in [9.17, 15) is 0 Å². The minimum Gasteiger partial charge on any atom is -0.496 e. The molecule has 0 saturated carbocycles. The number of hydrogen-bond donors (Lipinski definition) is 2. The third-order valence-electron chi connectivity index (χ3n) is 2.88. The van der Waals surface area contributed by atoms with E-state index in [1.807, 2.05) is 0 Å². The van der Waals surface area contributed by atoms with Gasteiger partial charge in [0.25, 0.3) is 0 Å². The van der Waals surface area contributed by atoms with Crippen LogP contribution in [0.25, 0.3) is 0 Å². The van der Waals surface area contributed by atoms with Gasteiger partial charge in [-0.2, -0.15) is 0 Å². The van der Waals surface area contributed by atoms with Gasteiger partial charge in [-0.05, 0) is 6.07 Å². The van der Waals surface area contributed by atoms with Gasteiger partial charge in [0.15, 0.2) is 11.5 Å². The summed E-state index contributed by atoms with van der Waals surface area (Å²) in [6.07, 6.45) is 3.38. The second-order valence-corrected chi connectivity index (χ2v) is 3.90. The maximum Gasteiger partial charge on any atom is 0.164 e. The molecule has 1 unspecified atom stereocenters. The van der Waals surface area contributed by atoms with Crippen molar-refractivity contribution in [2.24, 2.45) is 5.73 Å². The quantitative estimate of drug-likeness (QED) is 0.854. The van der Waals surface area contributed by atoms with E-state index in [1.54, 1.807) is 45.9 Å². The highest BCUT2D eigenvalue weighted by Gasteiger charge is 2.19. The normalized spacial score (nSPS) is 12.0. The molecule has 0 aliphatic rings. The number of methoxy groups -OCH3 is 3. The highest BCUT2D eigenvalue weighted by atomic mass is 16.5. The summed E-state index contributed by atoms with van der Waals surface area (Å²) in [6, 6.07) is 3.12. The zero-order valence-electron chi connectivity index (χ0n) is 11.1. The van der Waals surface area contributed by atoms with Gasteiger partial charge in [-0.25, -0.2) is 4.98 Å². The molecule has 0 aliphatic carbocycles. The molecule has 1 aromatic heterocycles. The monoisotopic (exact) mass is 263 g/mol. The van der Waals surface area contributed by atoms with E-state index < -0.39 is 6.04 Å². The number of aromatic amines is 1. The Morgan fingerprint density at radius 3 is 2.21 bits per heavy atom. The van der Waals surface area contributed by atoms with Crippen LogP contribution in [0, 0.1) is 0 Å². The molecule has 0 saturated heterocycles. The molecule has 0 spiro atoms. The van der Waals surface area contributed by atoms with Crippen molar-refractivity contribution in [3.63, 3.8) is 0 Å². The molecule has 1 aromatic carbocycles. The number of nitrogens with one attached hydrogen (secondary N) is 1. The lowest BCUT2D eigenvalue weighted by atomic mass is 10.0. The fraction of sp³-hybridized carbons (Fsp3) is 0.308. The average molecular weight is 263 g/mol. The Hall–Kier alpha value is -2.21. The first-order valence-electron chi connectivity index (χ1n) is 5.76. The van der Waals surface area contributed by atoms with Crippen LogP contribution in [0.1, 0.15) is 17.4 Å². The van der Waals surface area contributed by atoms with E-state index >= 15 is 0 Å². The first-order valence-corrected chi connectivity index (χ1v) is 5.76. The molecule has 19 heavy (non-hydrogen) atoms. The van der Waals surface area contributed by atoms with Gasteiger partial charge in [0, 0.05) is 24.0 Å². The number of hydrogen-bond acceptors (Lipinski definition) is 5. The van der Waals surface area contributed by atoms with Crippen LogP contribution in [0.2, 0.25) is 0 Å². The number of benzene rings is 1. The summed E-state index contributed by atoms with van der Waals surface area (Å²) < 4.78 is 15.9. The van der Waals surface area contributed by atoms with Crippen molar-refractivity contribution in [1.29, 1.82) is 0 Å². The lowest BCUT2D eigenvalue weighted by molar-refractivity contribution is 0.347. The van der Waals surface area contributed by atoms with Gasteiger partial charge in [-0.3, -0.25) is 0 Å². The van der Waals surface area contributed by atoms with Crippen LogP contribution in [-0.4, -0.2) is 31.3 Å². The second-order valence-electron chi connectivity index (χ2n) is 3.90. The molecule has 0 bridgehead atoms. The van der Waals surface area contributed by atoms with Crippen LogP contribution in [0.5, 0.6) is 17.2 Å². The van der Waals surface area contributed by atoms with Gasteiger partial charge < -0.3 is 24.9 Å². The van der Waals surface area contributed by atoms with Crippen molar-refractivity contribution >= 4 is 0 Å². The zero-order valence-corrected chi connectivity index (χ0v) is 11.1. The molecule has 0 aliphatic heterocycles. The second kappa shape index (κ2) is 5.62. The van der Waals surface area contributed by atoms with Crippen LogP contribution in [0.3, 0.4) is 0 Å². The predicted octanol–water partition coefficient (Wildman–Crippen LogP) is 1.48. The number of aromatic nitrogens is 2. The maximum atomic E-state index is 6.18. The van der Waals surface area contributed by atoms with Gasteiger partial charge >= 0.3 is 0 Å². The average Bonchev–Trinajstić information content (AvgIpc) is 2.99. The third-order valence-corrected chi connectivity index (χ3v) is 2.88. The van der Waals surface area contributed by atoms with Crippen molar-refractivity contribution in [2.45, 2.75) is 6.04 Å². The van der Waals surface area contributed by atoms with Crippen LogP contribution in [-0.2, 0) is 0 Å². The van der Waals surface area contributed by atoms with E-state index in [-0.39, 0.29) is 0 Å². The Morgan fingerprint density at radius 2 is 1.68 bits per heavy atom. The Kier molecular flexibility index (Phi) is 3.91. The first-order chi connectivity index (χ1) is 9.21. The summed E-state index contributed by atoms with van der Waals surface area (Å²) in [7, 11) is 4.73. The highest BCUT2D eigenvalue weighted by molar-refractivity contribution is 5.52. The lowest BCUT2D eigenvalue weighted by Gasteiger charge is -2.17. The van der Waals surface area contributed by atoms with Crippen molar-refractivity contribution in [2.75, 3.05) is 21.3 Å². The predicted molar refractivity (Wildman–Crippen MR) is 70.7 cm³/mol. The number of H-pyrrole nitrogens is 1. The number of nitrogens with zero attached hydrogens (tertiary/aromatic N) is 1. The van der Waals surface area contributed by atoms with Crippen LogP contribution in [0.4, 0.5) is 0 Å². The zero-order chi connectivity index (χ0) is 13.8. The summed E-state index contributed by atoms with van der Waals surface area (Å²) in [6.45, 7) is 0. The van der Waals surface area contributed by atoms with Crippen molar-refractivity contribution in [3.8, 4) is 17.2 Å². The van der Waals surface area contributed by atoms with E-state index in [0.717, 1.165) is 5.56 Å². The molecular weight excluding hydrogens is 246 g/mol. The third kappa shape index (κ3) is 2.48. The van der Waals surface area contributed by atoms with Crippen LogP contribution < -0.4 is 19.9 Å². The van der Waals surface area contributed by atoms with Gasteiger partial charge in [0.1, 0.15) is 11.6 Å². The Bertz CT molecular complexity index is 540. The molecule has 6 nitrogen and oxygen atoms in total. The molecule has 102 valence electrons. The molecule has 0 amide bonds. The smallest absolute Gasteiger partial charge is 0.164 e. The lowest BCUT2D eigenvalue weighted by Crippen LogP contribution is -2.15. The van der Waals surface area contributed by atoms with Crippen molar-refractivity contribution in [3.05, 3.63) is 35.9 Å². The van der Waals surface area contributed by atoms with Gasteiger partial charge in [0.2, 0.25) is 0 Å². The molecular formula is C13H17N3O3. The fourth-order valence-electron chi connectivity index (χ4n) is 1.89. The van der Waals surface area contributed by atoms with E-state index in [4.69, 9.17) is 19.9 Å². The van der Waals surface area contributed by atoms with E-state index in [0.29, 0.717) is 23.1 Å². The number of imidazole rings is 1. The summed E-state index contributed by atoms with van der Waals surface area (Å²) in [5.74, 6) is 2.47. The number of rotatable bonds is 5. The molecule has 3 N–H and O–H groups in total. The minimum atomic E-state index is -0.426. The summed E-state index contributed by atoms with van der Waals surface area (Å²) in [5, 5.41) is 0. The Labute approximate surface area is 111 Å². The standard InChI is InChI=1S/C13H17N3O3/c1-17-9-7-11(19-3)10(18-2)6-8(9)12(14)13-15-4-5-16-13/h4-7,12H,14H2,1-3H3,(H,15,16). The maximum absolute atomic E-state index is 6.18. The Balaban J connectivity index is 2.49. The Morgan fingerprint density at radius 1 is 1.05 bits per heavy atom. The molecule has 0 radical (unpaired) electrons. The van der Waals surface area contributed by atoms with E-state index in [1.165, 1.54) is 0 Å². The largest absolute Gasteiger partial charge is 0.496 e. The summed E-state index contributed by atoms with van der Waals surface area (Å²) in [5.41, 5.74) is 6.96.